The van der Waals surface area contributed by atoms with Crippen LogP contribution in [0, 0.1) is 0 Å². The third-order valence-corrected chi connectivity index (χ3v) is 0.422. The third-order valence-electron chi connectivity index (χ3n) is 0.312. The van der Waals surface area contributed by atoms with Gasteiger partial charge in [0.05, 0.1) is 5.03 Å². The Morgan fingerprint density at radius 1 is 1.86 bits per heavy atom. The van der Waals surface area contributed by atoms with Gasteiger partial charge in [-0.15, -0.1) is 5.16 Å². The Morgan fingerprint density at radius 2 is 2.43 bits per heavy atom. The summed E-state index contributed by atoms with van der Waals surface area (Å²) >= 11 is 5.25. The van der Waals surface area contributed by atoms with Crippen molar-refractivity contribution in [2.75, 3.05) is 6.61 Å². The molecule has 0 atom stereocenters. The van der Waals surface area contributed by atoms with Gasteiger partial charge in [-0.05, 0) is 0 Å². The molecular formula is C4H6ClNO. The van der Waals surface area contributed by atoms with Crippen molar-refractivity contribution in [2.24, 2.45) is 5.16 Å². The van der Waals surface area contributed by atoms with E-state index < -0.39 is 0 Å². The van der Waals surface area contributed by atoms with Crippen LogP contribution < -0.4 is 0 Å². The SMILES string of the molecule is C=NOCC(=C)Cl. The highest BCUT2D eigenvalue weighted by molar-refractivity contribution is 6.29. The van der Waals surface area contributed by atoms with Gasteiger partial charge in [-0.2, -0.15) is 0 Å². The van der Waals surface area contributed by atoms with Crippen LogP contribution in [0.3, 0.4) is 0 Å². The van der Waals surface area contributed by atoms with Gasteiger partial charge in [0.2, 0.25) is 0 Å². The second kappa shape index (κ2) is 3.68. The van der Waals surface area contributed by atoms with E-state index in [-0.39, 0.29) is 6.61 Å². The summed E-state index contributed by atoms with van der Waals surface area (Å²) in [6.07, 6.45) is 0. The maximum absolute atomic E-state index is 5.25. The van der Waals surface area contributed by atoms with E-state index in [9.17, 15) is 0 Å². The lowest BCUT2D eigenvalue weighted by Crippen LogP contribution is -1.82. The molecule has 0 aromatic heterocycles. The third kappa shape index (κ3) is 5.50. The van der Waals surface area contributed by atoms with Crippen molar-refractivity contribution in [1.29, 1.82) is 0 Å². The molecule has 0 aliphatic rings. The highest BCUT2D eigenvalue weighted by Crippen LogP contribution is 1.95. The highest BCUT2D eigenvalue weighted by atomic mass is 35.5. The molecular weight excluding hydrogens is 114 g/mol. The van der Waals surface area contributed by atoms with Crippen LogP contribution in [-0.2, 0) is 4.84 Å². The molecule has 0 fully saturated rings. The van der Waals surface area contributed by atoms with E-state index in [0.29, 0.717) is 5.03 Å². The minimum atomic E-state index is 0.241. The quantitative estimate of drug-likeness (QED) is 0.406. The molecule has 0 aliphatic carbocycles. The lowest BCUT2D eigenvalue weighted by molar-refractivity contribution is 0.175. The molecule has 0 unspecified atom stereocenters. The first-order valence-electron chi connectivity index (χ1n) is 1.68. The van der Waals surface area contributed by atoms with E-state index in [1.54, 1.807) is 0 Å². The van der Waals surface area contributed by atoms with Gasteiger partial charge in [-0.3, -0.25) is 0 Å². The van der Waals surface area contributed by atoms with Crippen molar-refractivity contribution in [2.45, 2.75) is 0 Å². The first-order valence-corrected chi connectivity index (χ1v) is 2.06. The molecule has 0 saturated carbocycles. The number of rotatable bonds is 3. The number of oxime groups is 1. The van der Waals surface area contributed by atoms with Crippen LogP contribution in [0.2, 0.25) is 0 Å². The largest absolute Gasteiger partial charge is 0.391 e. The smallest absolute Gasteiger partial charge is 0.152 e. The zero-order valence-corrected chi connectivity index (χ0v) is 4.61. The van der Waals surface area contributed by atoms with Crippen LogP contribution in [0.1, 0.15) is 0 Å². The molecule has 0 aromatic carbocycles. The summed E-state index contributed by atoms with van der Waals surface area (Å²) in [6, 6.07) is 0. The average Bonchev–Trinajstić information content (AvgIpc) is 1.61. The molecule has 0 radical (unpaired) electrons. The minimum Gasteiger partial charge on any atom is -0.391 e. The second-order valence-electron chi connectivity index (χ2n) is 0.920. The zero-order chi connectivity index (χ0) is 5.70. The van der Waals surface area contributed by atoms with Crippen LogP contribution in [0.15, 0.2) is 16.8 Å². The Balaban J connectivity index is 2.97. The number of hydrogen-bond donors (Lipinski definition) is 0. The summed E-state index contributed by atoms with van der Waals surface area (Å²) in [5.74, 6) is 0. The van der Waals surface area contributed by atoms with Gasteiger partial charge in [0.15, 0.2) is 6.61 Å². The van der Waals surface area contributed by atoms with Gasteiger partial charge in [0, 0.05) is 6.72 Å². The molecule has 3 heteroatoms. The molecule has 0 aliphatic heterocycles. The van der Waals surface area contributed by atoms with Crippen LogP contribution in [0.4, 0.5) is 0 Å². The Morgan fingerprint density at radius 3 is 2.57 bits per heavy atom. The molecule has 0 N–H and O–H groups in total. The van der Waals surface area contributed by atoms with E-state index >= 15 is 0 Å². The normalized spacial score (nSPS) is 7.57. The molecule has 0 bridgehead atoms. The van der Waals surface area contributed by atoms with E-state index in [2.05, 4.69) is 23.3 Å². The summed E-state index contributed by atoms with van der Waals surface area (Å²) in [7, 11) is 0. The molecule has 0 amide bonds. The van der Waals surface area contributed by atoms with Crippen molar-refractivity contribution in [3.8, 4) is 0 Å². The van der Waals surface area contributed by atoms with Crippen LogP contribution in [0.25, 0.3) is 0 Å². The first-order chi connectivity index (χ1) is 3.27. The highest BCUT2D eigenvalue weighted by Gasteiger charge is 1.81. The summed E-state index contributed by atoms with van der Waals surface area (Å²) < 4.78 is 0. The maximum atomic E-state index is 5.25. The predicted octanol–water partition coefficient (Wildman–Crippen LogP) is 1.37. The van der Waals surface area contributed by atoms with Crippen molar-refractivity contribution in [3.05, 3.63) is 11.6 Å². The molecule has 2 nitrogen and oxygen atoms in total. The molecule has 40 valence electrons. The second-order valence-corrected chi connectivity index (χ2v) is 1.45. The van der Waals surface area contributed by atoms with Crippen molar-refractivity contribution in [3.63, 3.8) is 0 Å². The van der Waals surface area contributed by atoms with Crippen LogP contribution >= 0.6 is 11.6 Å². The van der Waals surface area contributed by atoms with Crippen molar-refractivity contribution >= 4 is 18.3 Å². The van der Waals surface area contributed by atoms with Gasteiger partial charge >= 0.3 is 0 Å². The van der Waals surface area contributed by atoms with E-state index in [1.807, 2.05) is 0 Å². The predicted molar refractivity (Wildman–Crippen MR) is 30.5 cm³/mol. The van der Waals surface area contributed by atoms with Crippen LogP contribution in [-0.4, -0.2) is 13.3 Å². The van der Waals surface area contributed by atoms with Gasteiger partial charge in [-0.1, -0.05) is 18.2 Å². The number of nitrogens with zero attached hydrogens (tertiary/aromatic N) is 1. The fraction of sp³-hybridized carbons (Fsp3) is 0.250. The summed E-state index contributed by atoms with van der Waals surface area (Å²) in [5, 5.41) is 3.50. The maximum Gasteiger partial charge on any atom is 0.152 e. The molecule has 0 spiro atoms. The average molecular weight is 120 g/mol. The van der Waals surface area contributed by atoms with Crippen molar-refractivity contribution in [1.82, 2.24) is 0 Å². The lowest BCUT2D eigenvalue weighted by Gasteiger charge is -1.90. The zero-order valence-electron chi connectivity index (χ0n) is 3.85. The number of hydrogen-bond acceptors (Lipinski definition) is 2. The fourth-order valence-corrected chi connectivity index (χ4v) is 0.164. The summed E-state index contributed by atoms with van der Waals surface area (Å²) in [4.78, 5) is 4.38. The Labute approximate surface area is 47.4 Å². The molecule has 7 heavy (non-hydrogen) atoms. The van der Waals surface area contributed by atoms with Crippen molar-refractivity contribution < 1.29 is 4.84 Å². The van der Waals surface area contributed by atoms with Gasteiger partial charge in [0.25, 0.3) is 0 Å². The Kier molecular flexibility index (Phi) is 3.42. The first kappa shape index (κ1) is 6.50. The van der Waals surface area contributed by atoms with Gasteiger partial charge in [0.1, 0.15) is 0 Å². The summed E-state index contributed by atoms with van der Waals surface area (Å²) in [5.41, 5.74) is 0. The fourth-order valence-electron chi connectivity index (χ4n) is 0.116. The number of halogens is 1. The molecule has 0 heterocycles. The Bertz CT molecular complexity index is 81.8. The van der Waals surface area contributed by atoms with Gasteiger partial charge < -0.3 is 4.84 Å². The molecule has 0 saturated heterocycles. The standard InChI is InChI=1S/C4H6ClNO/c1-4(5)3-7-6-2/h1-3H2. The Hall–Kier alpha value is -0.500. The van der Waals surface area contributed by atoms with Crippen LogP contribution in [0.5, 0.6) is 0 Å². The monoisotopic (exact) mass is 119 g/mol. The van der Waals surface area contributed by atoms with E-state index in [0.717, 1.165) is 0 Å². The topological polar surface area (TPSA) is 21.6 Å². The lowest BCUT2D eigenvalue weighted by atomic mass is 10.7. The molecule has 0 rings (SSSR count). The molecule has 0 aromatic rings. The van der Waals surface area contributed by atoms with E-state index in [1.165, 1.54) is 0 Å². The summed E-state index contributed by atoms with van der Waals surface area (Å²) in [6.45, 7) is 6.65. The minimum absolute atomic E-state index is 0.241. The van der Waals surface area contributed by atoms with E-state index in [4.69, 9.17) is 11.6 Å². The van der Waals surface area contributed by atoms with Gasteiger partial charge in [-0.25, -0.2) is 0 Å².